The van der Waals surface area contributed by atoms with Gasteiger partial charge in [-0.25, -0.2) is 9.97 Å². The molecule has 0 aliphatic carbocycles. The van der Waals surface area contributed by atoms with Crippen LogP contribution in [-0.2, 0) is 6.54 Å². The van der Waals surface area contributed by atoms with Gasteiger partial charge in [0.25, 0.3) is 0 Å². The number of anilines is 1. The summed E-state index contributed by atoms with van der Waals surface area (Å²) in [5, 5.41) is 12.4. The van der Waals surface area contributed by atoms with E-state index in [2.05, 4.69) is 48.4 Å². The lowest BCUT2D eigenvalue weighted by Gasteiger charge is -2.32. The number of aromatic nitrogens is 2. The molecule has 0 unspecified atom stereocenters. The van der Waals surface area contributed by atoms with E-state index in [1.54, 1.807) is 17.5 Å². The van der Waals surface area contributed by atoms with Crippen molar-refractivity contribution in [2.45, 2.75) is 25.4 Å². The predicted molar refractivity (Wildman–Crippen MR) is 127 cm³/mol. The standard InChI is InChI=1S/C22H25Cl2N5S/c23-19-2-1-16(13-20(19)24)14-29-10-4-18(5-11-29)25-8-9-27-22-26-7-3-21(28-22)17-6-12-30-15-17/h1-3,6-7,12-13,15,18,25H,4-5,8-11,14H2,(H,26,27,28). The summed E-state index contributed by atoms with van der Waals surface area (Å²) in [6.45, 7) is 4.78. The van der Waals surface area contributed by atoms with E-state index in [-0.39, 0.29) is 0 Å². The topological polar surface area (TPSA) is 53.1 Å². The summed E-state index contributed by atoms with van der Waals surface area (Å²) in [4.78, 5) is 11.4. The molecule has 0 atom stereocenters. The lowest BCUT2D eigenvalue weighted by molar-refractivity contribution is 0.191. The van der Waals surface area contributed by atoms with Crippen molar-refractivity contribution in [2.24, 2.45) is 0 Å². The Balaban J connectivity index is 1.16. The number of thiophene rings is 1. The molecular formula is C22H25Cl2N5S. The van der Waals surface area contributed by atoms with Gasteiger partial charge in [-0.1, -0.05) is 29.3 Å². The molecule has 3 aromatic rings. The van der Waals surface area contributed by atoms with Crippen molar-refractivity contribution in [3.63, 3.8) is 0 Å². The lowest BCUT2D eigenvalue weighted by atomic mass is 10.0. The summed E-state index contributed by atoms with van der Waals surface area (Å²) in [5.41, 5.74) is 3.30. The SMILES string of the molecule is Clc1ccc(CN2CCC(NCCNc3nccc(-c4ccsc4)n3)CC2)cc1Cl. The van der Waals surface area contributed by atoms with Gasteiger partial charge in [0.15, 0.2) is 0 Å². The van der Waals surface area contributed by atoms with Crippen LogP contribution in [0.3, 0.4) is 0 Å². The Bertz CT molecular complexity index is 942. The van der Waals surface area contributed by atoms with Crippen LogP contribution in [0.25, 0.3) is 11.3 Å². The van der Waals surface area contributed by atoms with Crippen molar-refractivity contribution in [1.82, 2.24) is 20.2 Å². The van der Waals surface area contributed by atoms with Crippen LogP contribution < -0.4 is 10.6 Å². The van der Waals surface area contributed by atoms with Crippen molar-refractivity contribution in [1.29, 1.82) is 0 Å². The molecule has 0 saturated carbocycles. The Morgan fingerprint density at radius 3 is 2.70 bits per heavy atom. The quantitative estimate of drug-likeness (QED) is 0.452. The molecule has 4 rings (SSSR count). The number of hydrogen-bond acceptors (Lipinski definition) is 6. The first-order valence-corrected chi connectivity index (χ1v) is 11.9. The van der Waals surface area contributed by atoms with E-state index in [0.29, 0.717) is 22.0 Å². The van der Waals surface area contributed by atoms with Gasteiger partial charge in [-0.05, 0) is 61.1 Å². The van der Waals surface area contributed by atoms with E-state index in [1.807, 2.05) is 18.2 Å². The van der Waals surface area contributed by atoms with Gasteiger partial charge in [-0.3, -0.25) is 4.90 Å². The molecule has 30 heavy (non-hydrogen) atoms. The van der Waals surface area contributed by atoms with Crippen LogP contribution in [0.4, 0.5) is 5.95 Å². The molecule has 1 aliphatic heterocycles. The van der Waals surface area contributed by atoms with Crippen LogP contribution in [-0.4, -0.2) is 47.1 Å². The van der Waals surface area contributed by atoms with Crippen molar-refractivity contribution >= 4 is 40.5 Å². The molecule has 0 radical (unpaired) electrons. The van der Waals surface area contributed by atoms with Gasteiger partial charge < -0.3 is 10.6 Å². The van der Waals surface area contributed by atoms with Crippen LogP contribution in [0.5, 0.6) is 0 Å². The highest BCUT2D eigenvalue weighted by atomic mass is 35.5. The number of likely N-dealkylation sites (tertiary alicyclic amines) is 1. The Morgan fingerprint density at radius 1 is 1.07 bits per heavy atom. The maximum absolute atomic E-state index is 6.13. The minimum Gasteiger partial charge on any atom is -0.353 e. The molecule has 0 amide bonds. The first-order valence-electron chi connectivity index (χ1n) is 10.2. The second-order valence-corrected chi connectivity index (χ2v) is 9.05. The summed E-state index contributed by atoms with van der Waals surface area (Å²) in [6.07, 6.45) is 4.09. The number of piperidine rings is 1. The second-order valence-electron chi connectivity index (χ2n) is 7.46. The number of nitrogens with zero attached hydrogens (tertiary/aromatic N) is 3. The van der Waals surface area contributed by atoms with Crippen molar-refractivity contribution in [3.8, 4) is 11.3 Å². The Morgan fingerprint density at radius 2 is 1.93 bits per heavy atom. The van der Waals surface area contributed by atoms with Crippen molar-refractivity contribution in [3.05, 3.63) is 62.9 Å². The van der Waals surface area contributed by atoms with Crippen LogP contribution >= 0.6 is 34.5 Å². The van der Waals surface area contributed by atoms with Gasteiger partial charge in [0.1, 0.15) is 0 Å². The van der Waals surface area contributed by atoms with Crippen LogP contribution in [0, 0.1) is 0 Å². The number of nitrogens with one attached hydrogen (secondary N) is 2. The van der Waals surface area contributed by atoms with Gasteiger partial charge in [0, 0.05) is 42.8 Å². The maximum atomic E-state index is 6.13. The zero-order chi connectivity index (χ0) is 20.8. The molecule has 2 aromatic heterocycles. The van der Waals surface area contributed by atoms with Gasteiger partial charge in [-0.2, -0.15) is 11.3 Å². The smallest absolute Gasteiger partial charge is 0.223 e. The number of hydrogen-bond donors (Lipinski definition) is 2. The molecule has 3 heterocycles. The predicted octanol–water partition coefficient (Wildman–Crippen LogP) is 5.18. The van der Waals surface area contributed by atoms with Crippen molar-refractivity contribution in [2.75, 3.05) is 31.5 Å². The minimum atomic E-state index is 0.551. The molecule has 2 N–H and O–H groups in total. The fourth-order valence-electron chi connectivity index (χ4n) is 3.66. The fraction of sp³-hybridized carbons (Fsp3) is 0.364. The van der Waals surface area contributed by atoms with Crippen LogP contribution in [0.1, 0.15) is 18.4 Å². The number of halogens is 2. The summed E-state index contributed by atoms with van der Waals surface area (Å²) in [6, 6.07) is 10.5. The largest absolute Gasteiger partial charge is 0.353 e. The van der Waals surface area contributed by atoms with E-state index < -0.39 is 0 Å². The number of rotatable bonds is 8. The Labute approximate surface area is 191 Å². The van der Waals surface area contributed by atoms with Crippen molar-refractivity contribution < 1.29 is 0 Å². The average Bonchev–Trinajstić information content (AvgIpc) is 3.30. The van der Waals surface area contributed by atoms with E-state index >= 15 is 0 Å². The zero-order valence-corrected chi connectivity index (χ0v) is 19.0. The molecule has 1 aliphatic rings. The maximum Gasteiger partial charge on any atom is 0.223 e. The second kappa shape index (κ2) is 10.6. The first-order chi connectivity index (χ1) is 14.7. The van der Waals surface area contributed by atoms with Gasteiger partial charge in [0.05, 0.1) is 15.7 Å². The average molecular weight is 462 g/mol. The number of benzene rings is 1. The van der Waals surface area contributed by atoms with E-state index in [4.69, 9.17) is 23.2 Å². The van der Waals surface area contributed by atoms with E-state index in [1.165, 1.54) is 5.56 Å². The third-order valence-electron chi connectivity index (χ3n) is 5.29. The Kier molecular flexibility index (Phi) is 7.57. The van der Waals surface area contributed by atoms with E-state index in [0.717, 1.165) is 56.8 Å². The normalized spacial score (nSPS) is 15.4. The molecule has 1 saturated heterocycles. The molecule has 1 fully saturated rings. The Hall–Kier alpha value is -1.70. The first kappa shape index (κ1) is 21.5. The summed E-state index contributed by atoms with van der Waals surface area (Å²) in [5.74, 6) is 0.678. The molecule has 8 heteroatoms. The lowest BCUT2D eigenvalue weighted by Crippen LogP contribution is -2.43. The summed E-state index contributed by atoms with van der Waals surface area (Å²) >= 11 is 13.8. The van der Waals surface area contributed by atoms with Crippen LogP contribution in [0.15, 0.2) is 47.3 Å². The minimum absolute atomic E-state index is 0.551. The molecule has 0 spiro atoms. The van der Waals surface area contributed by atoms with Gasteiger partial charge in [0.2, 0.25) is 5.95 Å². The highest BCUT2D eigenvalue weighted by Crippen LogP contribution is 2.24. The van der Waals surface area contributed by atoms with E-state index in [9.17, 15) is 0 Å². The molecule has 5 nitrogen and oxygen atoms in total. The fourth-order valence-corrected chi connectivity index (χ4v) is 4.63. The molecule has 158 valence electrons. The summed E-state index contributed by atoms with van der Waals surface area (Å²) in [7, 11) is 0. The van der Waals surface area contributed by atoms with Gasteiger partial charge in [-0.15, -0.1) is 0 Å². The van der Waals surface area contributed by atoms with Crippen LogP contribution in [0.2, 0.25) is 10.0 Å². The van der Waals surface area contributed by atoms with Gasteiger partial charge >= 0.3 is 0 Å². The molecule has 0 bridgehead atoms. The monoisotopic (exact) mass is 461 g/mol. The zero-order valence-electron chi connectivity index (χ0n) is 16.7. The highest BCUT2D eigenvalue weighted by molar-refractivity contribution is 7.08. The third-order valence-corrected chi connectivity index (χ3v) is 6.71. The molecule has 1 aromatic carbocycles. The third kappa shape index (κ3) is 5.93. The molecular weight excluding hydrogens is 437 g/mol. The summed E-state index contributed by atoms with van der Waals surface area (Å²) < 4.78 is 0. The highest BCUT2D eigenvalue weighted by Gasteiger charge is 2.18.